The molecule has 3 aromatic heterocycles. The Labute approximate surface area is 206 Å². The van der Waals surface area contributed by atoms with Gasteiger partial charge in [-0.3, -0.25) is 9.97 Å². The summed E-state index contributed by atoms with van der Waals surface area (Å²) in [4.78, 5) is 16.5. The molecule has 2 aromatic carbocycles. The highest BCUT2D eigenvalue weighted by Crippen LogP contribution is 2.26. The average molecular weight is 478 g/mol. The van der Waals surface area contributed by atoms with Crippen LogP contribution in [0.15, 0.2) is 108 Å². The molecule has 0 amide bonds. The van der Waals surface area contributed by atoms with Gasteiger partial charge < -0.3 is 10.4 Å². The van der Waals surface area contributed by atoms with Crippen molar-refractivity contribution in [1.82, 2.24) is 19.9 Å². The Morgan fingerprint density at radius 1 is 0.806 bits per heavy atom. The van der Waals surface area contributed by atoms with Gasteiger partial charge in [-0.2, -0.15) is 5.11 Å². The zero-order valence-corrected chi connectivity index (χ0v) is 19.0. The number of nitrogens with zero attached hydrogens (tertiary/aromatic N) is 6. The summed E-state index contributed by atoms with van der Waals surface area (Å²) in [7, 11) is 0. The van der Waals surface area contributed by atoms with E-state index in [1.165, 1.54) is 0 Å². The van der Waals surface area contributed by atoms with E-state index in [-0.39, 0.29) is 23.9 Å². The first-order valence-corrected chi connectivity index (χ1v) is 11.1. The third-order valence-electron chi connectivity index (χ3n) is 5.21. The zero-order chi connectivity index (χ0) is 24.7. The van der Waals surface area contributed by atoms with Crippen molar-refractivity contribution in [2.45, 2.75) is 6.54 Å². The first-order chi connectivity index (χ1) is 17.6. The van der Waals surface area contributed by atoms with E-state index in [0.29, 0.717) is 11.4 Å². The molecule has 0 aliphatic heterocycles. The summed E-state index contributed by atoms with van der Waals surface area (Å²) in [5.74, 6) is -0.296. The lowest BCUT2D eigenvalue weighted by molar-refractivity contribution is 0.475. The van der Waals surface area contributed by atoms with Crippen LogP contribution in [0.25, 0.3) is 22.5 Å². The largest absolute Gasteiger partial charge is 0.508 e. The van der Waals surface area contributed by atoms with Crippen molar-refractivity contribution in [3.05, 3.63) is 109 Å². The van der Waals surface area contributed by atoms with Gasteiger partial charge in [0, 0.05) is 11.9 Å². The molecule has 0 aliphatic rings. The van der Waals surface area contributed by atoms with E-state index in [4.69, 9.17) is 0 Å². The quantitative estimate of drug-likeness (QED) is 0.260. The SMILES string of the molecule is Oc1cccc(-c2ccc(Nc3ccc(CN=Nc4ncc(F)c(-c5ccccn5)n4)nc3)cc2)c1. The van der Waals surface area contributed by atoms with Gasteiger partial charge in [0.25, 0.3) is 5.95 Å². The second-order valence-corrected chi connectivity index (χ2v) is 7.77. The Hall–Kier alpha value is -5.05. The molecule has 2 N–H and O–H groups in total. The molecule has 0 unspecified atom stereocenters. The number of hydrogen-bond donors (Lipinski definition) is 2. The molecule has 9 heteroatoms. The molecule has 0 spiro atoms. The Balaban J connectivity index is 1.20. The number of azo groups is 1. The number of aromatic hydroxyl groups is 1. The van der Waals surface area contributed by atoms with E-state index >= 15 is 0 Å². The van der Waals surface area contributed by atoms with Crippen LogP contribution in [0, 0.1) is 5.82 Å². The smallest absolute Gasteiger partial charge is 0.269 e. The molecule has 0 saturated carbocycles. The molecule has 0 atom stereocenters. The van der Waals surface area contributed by atoms with E-state index in [2.05, 4.69) is 35.5 Å². The topological polar surface area (TPSA) is 109 Å². The van der Waals surface area contributed by atoms with Crippen LogP contribution >= 0.6 is 0 Å². The lowest BCUT2D eigenvalue weighted by Crippen LogP contribution is -1.94. The highest BCUT2D eigenvalue weighted by atomic mass is 19.1. The summed E-state index contributed by atoms with van der Waals surface area (Å²) in [6.45, 7) is 0.221. The number of pyridine rings is 2. The molecule has 3 heterocycles. The number of aromatic nitrogens is 4. The normalized spacial score (nSPS) is 11.0. The van der Waals surface area contributed by atoms with Gasteiger partial charge in [0.05, 0.1) is 29.5 Å². The minimum Gasteiger partial charge on any atom is -0.508 e. The van der Waals surface area contributed by atoms with Crippen molar-refractivity contribution in [3.63, 3.8) is 0 Å². The van der Waals surface area contributed by atoms with Crippen molar-refractivity contribution in [2.75, 3.05) is 5.32 Å². The third-order valence-corrected chi connectivity index (χ3v) is 5.21. The molecule has 0 radical (unpaired) electrons. The maximum absolute atomic E-state index is 14.1. The van der Waals surface area contributed by atoms with Gasteiger partial charge in [0.2, 0.25) is 0 Å². The number of phenols is 1. The summed E-state index contributed by atoms with van der Waals surface area (Å²) < 4.78 is 14.1. The lowest BCUT2D eigenvalue weighted by Gasteiger charge is -2.08. The molecule has 0 bridgehead atoms. The van der Waals surface area contributed by atoms with Crippen LogP contribution in [0.2, 0.25) is 0 Å². The van der Waals surface area contributed by atoms with E-state index in [1.807, 2.05) is 48.5 Å². The van der Waals surface area contributed by atoms with Crippen LogP contribution in [0.1, 0.15) is 5.69 Å². The van der Waals surface area contributed by atoms with E-state index in [0.717, 1.165) is 28.7 Å². The number of phenolic OH excluding ortho intramolecular Hbond substituents is 1. The fraction of sp³-hybridized carbons (Fsp3) is 0.0370. The molecule has 5 rings (SSSR count). The Bertz CT molecular complexity index is 1490. The second-order valence-electron chi connectivity index (χ2n) is 7.77. The molecule has 0 saturated heterocycles. The number of anilines is 2. The fourth-order valence-electron chi connectivity index (χ4n) is 3.45. The van der Waals surface area contributed by atoms with Gasteiger partial charge in [0.15, 0.2) is 5.82 Å². The summed E-state index contributed by atoms with van der Waals surface area (Å²) in [6.07, 6.45) is 4.33. The summed E-state index contributed by atoms with van der Waals surface area (Å²) >= 11 is 0. The van der Waals surface area contributed by atoms with Gasteiger partial charge in [-0.15, -0.1) is 5.11 Å². The van der Waals surface area contributed by atoms with Crippen LogP contribution in [0.5, 0.6) is 5.75 Å². The highest BCUT2D eigenvalue weighted by Gasteiger charge is 2.10. The molecule has 8 nitrogen and oxygen atoms in total. The van der Waals surface area contributed by atoms with Crippen molar-refractivity contribution in [1.29, 1.82) is 0 Å². The van der Waals surface area contributed by atoms with Crippen LogP contribution in [-0.2, 0) is 6.54 Å². The number of hydrogen-bond acceptors (Lipinski definition) is 8. The second kappa shape index (κ2) is 10.5. The minimum atomic E-state index is -0.577. The lowest BCUT2D eigenvalue weighted by atomic mass is 10.1. The molecular weight excluding hydrogens is 457 g/mol. The van der Waals surface area contributed by atoms with E-state index in [9.17, 15) is 9.50 Å². The van der Waals surface area contributed by atoms with Crippen LogP contribution in [0.4, 0.5) is 21.7 Å². The molecular formula is C27H20FN7O. The van der Waals surface area contributed by atoms with Gasteiger partial charge in [-0.25, -0.2) is 14.4 Å². The van der Waals surface area contributed by atoms with Gasteiger partial charge in [-0.1, -0.05) is 30.3 Å². The molecule has 0 aliphatic carbocycles. The van der Waals surface area contributed by atoms with Crippen LogP contribution in [0.3, 0.4) is 0 Å². The molecule has 5 aromatic rings. The molecule has 0 fully saturated rings. The maximum atomic E-state index is 14.1. The Kier molecular flexibility index (Phi) is 6.61. The summed E-state index contributed by atoms with van der Waals surface area (Å²) in [6, 6.07) is 23.9. The predicted molar refractivity (Wildman–Crippen MR) is 135 cm³/mol. The van der Waals surface area contributed by atoms with Gasteiger partial charge >= 0.3 is 0 Å². The number of benzene rings is 2. The van der Waals surface area contributed by atoms with E-state index < -0.39 is 5.82 Å². The van der Waals surface area contributed by atoms with Gasteiger partial charge in [-0.05, 0) is 59.7 Å². The monoisotopic (exact) mass is 477 g/mol. The van der Waals surface area contributed by atoms with Crippen molar-refractivity contribution in [2.24, 2.45) is 10.2 Å². The number of rotatable bonds is 7. The van der Waals surface area contributed by atoms with Gasteiger partial charge in [0.1, 0.15) is 18.0 Å². The fourth-order valence-corrected chi connectivity index (χ4v) is 3.45. The highest BCUT2D eigenvalue weighted by molar-refractivity contribution is 5.69. The molecule has 176 valence electrons. The zero-order valence-electron chi connectivity index (χ0n) is 19.0. The molecule has 36 heavy (non-hydrogen) atoms. The number of nitrogens with one attached hydrogen (secondary N) is 1. The predicted octanol–water partition coefficient (Wildman–Crippen LogP) is 6.47. The van der Waals surface area contributed by atoms with Crippen LogP contribution in [-0.4, -0.2) is 25.0 Å². The Morgan fingerprint density at radius 2 is 1.67 bits per heavy atom. The van der Waals surface area contributed by atoms with Crippen LogP contribution < -0.4 is 5.32 Å². The first-order valence-electron chi connectivity index (χ1n) is 11.1. The number of halogens is 1. The minimum absolute atomic E-state index is 0.0458. The third kappa shape index (κ3) is 5.53. The van der Waals surface area contributed by atoms with Crippen molar-refractivity contribution >= 4 is 17.3 Å². The summed E-state index contributed by atoms with van der Waals surface area (Å²) in [5.41, 5.74) is 4.85. The maximum Gasteiger partial charge on any atom is 0.269 e. The average Bonchev–Trinajstić information content (AvgIpc) is 2.91. The van der Waals surface area contributed by atoms with E-state index in [1.54, 1.807) is 42.7 Å². The standard InChI is InChI=1S/C27H20FN7O/c28-24-17-31-27(34-26(24)25-6-1-2-13-29-25)35-32-16-21-11-12-22(15-30-21)33-20-9-7-18(8-10-20)19-4-3-5-23(36)14-19/h1-15,17,33,36H,16H2. The van der Waals surface area contributed by atoms with Crippen molar-refractivity contribution < 1.29 is 9.50 Å². The first kappa shape index (κ1) is 22.7. The van der Waals surface area contributed by atoms with Crippen molar-refractivity contribution in [3.8, 4) is 28.3 Å². The Morgan fingerprint density at radius 3 is 2.42 bits per heavy atom. The summed E-state index contributed by atoms with van der Waals surface area (Å²) in [5, 5.41) is 21.1.